The van der Waals surface area contributed by atoms with Crippen LogP contribution in [0.2, 0.25) is 0 Å². The van der Waals surface area contributed by atoms with E-state index in [4.69, 9.17) is 27.1 Å². The van der Waals surface area contributed by atoms with Crippen LogP contribution in [0.15, 0.2) is 24.3 Å². The summed E-state index contributed by atoms with van der Waals surface area (Å²) in [5, 5.41) is 8.96. The molecule has 0 spiro atoms. The summed E-state index contributed by atoms with van der Waals surface area (Å²) in [6.07, 6.45) is -0.225. The van der Waals surface area contributed by atoms with Crippen LogP contribution in [0.25, 0.3) is 0 Å². The van der Waals surface area contributed by atoms with E-state index < -0.39 is 7.60 Å². The molecule has 0 aliphatic carbocycles. The fourth-order valence-electron chi connectivity index (χ4n) is 2.51. The highest BCUT2D eigenvalue weighted by Gasteiger charge is 2.18. The normalized spacial score (nSPS) is 16.4. The van der Waals surface area contributed by atoms with E-state index in [2.05, 4.69) is 9.80 Å². The van der Waals surface area contributed by atoms with Gasteiger partial charge < -0.3 is 19.8 Å². The van der Waals surface area contributed by atoms with Gasteiger partial charge in [-0.25, -0.2) is 0 Å². The Morgan fingerprint density at radius 3 is 2.25 bits per heavy atom. The molecule has 134 valence electrons. The van der Waals surface area contributed by atoms with E-state index in [0.717, 1.165) is 41.8 Å². The van der Waals surface area contributed by atoms with Gasteiger partial charge in [0.25, 0.3) is 0 Å². The molecule has 0 unspecified atom stereocenters. The van der Waals surface area contributed by atoms with Gasteiger partial charge in [-0.15, -0.1) is 0 Å². The van der Waals surface area contributed by atoms with Gasteiger partial charge in [-0.3, -0.25) is 9.46 Å². The average Bonchev–Trinajstić information content (AvgIpc) is 2.53. The highest BCUT2D eigenvalue weighted by molar-refractivity contribution is 8.22. The number of nitrogens with zero attached hydrogens (tertiary/aromatic N) is 2. The van der Waals surface area contributed by atoms with Crippen LogP contribution in [0, 0.1) is 0 Å². The average molecular weight is 390 g/mol. The predicted octanol–water partition coefficient (Wildman–Crippen LogP) is 1.49. The predicted molar refractivity (Wildman–Crippen MR) is 101 cm³/mol. The van der Waals surface area contributed by atoms with E-state index in [9.17, 15) is 4.57 Å². The number of aliphatic hydroxyl groups is 1. The molecule has 0 radical (unpaired) electrons. The fraction of sp³-hybridized carbons (Fsp3) is 0.533. The van der Waals surface area contributed by atoms with Gasteiger partial charge in [0.05, 0.1) is 12.8 Å². The first kappa shape index (κ1) is 19.8. The second kappa shape index (κ2) is 9.29. The second-order valence-corrected chi connectivity index (χ2v) is 9.00. The van der Waals surface area contributed by atoms with Gasteiger partial charge in [0.15, 0.2) is 0 Å². The molecule has 2 rings (SSSR count). The van der Waals surface area contributed by atoms with Crippen molar-refractivity contribution in [2.24, 2.45) is 0 Å². The van der Waals surface area contributed by atoms with Crippen molar-refractivity contribution in [2.45, 2.75) is 11.9 Å². The lowest BCUT2D eigenvalue weighted by molar-refractivity contribution is 0.149. The van der Waals surface area contributed by atoms with Crippen molar-refractivity contribution in [3.05, 3.63) is 35.4 Å². The highest BCUT2D eigenvalue weighted by Crippen LogP contribution is 2.39. The van der Waals surface area contributed by atoms with Crippen LogP contribution in [-0.4, -0.2) is 68.3 Å². The van der Waals surface area contributed by atoms with E-state index in [0.29, 0.717) is 12.1 Å². The Bertz CT molecular complexity index is 586. The molecular formula is C15H23N2O4PS2. The summed E-state index contributed by atoms with van der Waals surface area (Å²) in [6, 6.07) is 7.29. The molecule has 0 atom stereocenters. The van der Waals surface area contributed by atoms with Gasteiger partial charge >= 0.3 is 7.60 Å². The van der Waals surface area contributed by atoms with Crippen molar-refractivity contribution in [1.82, 2.24) is 9.80 Å². The third-order valence-corrected chi connectivity index (χ3v) is 6.19. The molecule has 1 aliphatic heterocycles. The molecule has 1 aromatic carbocycles. The molecular weight excluding hydrogens is 367 g/mol. The smallest absolute Gasteiger partial charge is 0.329 e. The first-order chi connectivity index (χ1) is 11.4. The van der Waals surface area contributed by atoms with E-state index in [1.165, 1.54) is 0 Å². The standard InChI is InChI=1S/C15H23N2O4PS2/c18-10-9-16-5-7-17(8-6-16)15(23)24-12-14-3-1-13(2-4-14)11-22(19,20)21/h1-4,18H,5-12H2,(H2,19,20,21). The minimum atomic E-state index is -4.01. The summed E-state index contributed by atoms with van der Waals surface area (Å²) < 4.78 is 11.9. The van der Waals surface area contributed by atoms with E-state index >= 15 is 0 Å². The lowest BCUT2D eigenvalue weighted by Gasteiger charge is -2.35. The lowest BCUT2D eigenvalue weighted by atomic mass is 10.2. The van der Waals surface area contributed by atoms with E-state index in [-0.39, 0.29) is 12.8 Å². The molecule has 0 saturated carbocycles. The lowest BCUT2D eigenvalue weighted by Crippen LogP contribution is -2.48. The third-order valence-electron chi connectivity index (χ3n) is 3.82. The minimum Gasteiger partial charge on any atom is -0.395 e. The Labute approximate surface area is 152 Å². The van der Waals surface area contributed by atoms with Crippen LogP contribution in [0.1, 0.15) is 11.1 Å². The molecule has 24 heavy (non-hydrogen) atoms. The summed E-state index contributed by atoms with van der Waals surface area (Å²) in [6.45, 7) is 4.50. The summed E-state index contributed by atoms with van der Waals surface area (Å²) >= 11 is 7.10. The number of benzene rings is 1. The molecule has 0 aromatic heterocycles. The maximum absolute atomic E-state index is 11.0. The molecule has 1 aliphatic rings. The van der Waals surface area contributed by atoms with Crippen molar-refractivity contribution in [3.63, 3.8) is 0 Å². The second-order valence-electron chi connectivity index (χ2n) is 5.75. The number of hydrogen-bond acceptors (Lipinski definition) is 5. The quantitative estimate of drug-likeness (QED) is 0.498. The number of rotatable bonds is 6. The van der Waals surface area contributed by atoms with Gasteiger partial charge in [-0.05, 0) is 11.1 Å². The van der Waals surface area contributed by atoms with E-state index in [1.807, 2.05) is 12.1 Å². The van der Waals surface area contributed by atoms with Gasteiger partial charge in [0.2, 0.25) is 0 Å². The largest absolute Gasteiger partial charge is 0.395 e. The number of thioether (sulfide) groups is 1. The number of β-amino-alcohol motifs (C(OH)–C–C–N with tert-alkyl or cyclic N) is 1. The third kappa shape index (κ3) is 6.80. The molecule has 6 nitrogen and oxygen atoms in total. The molecule has 0 bridgehead atoms. The van der Waals surface area contributed by atoms with E-state index in [1.54, 1.807) is 23.9 Å². The van der Waals surface area contributed by atoms with Crippen LogP contribution in [0.5, 0.6) is 0 Å². The van der Waals surface area contributed by atoms with Crippen LogP contribution in [-0.2, 0) is 16.5 Å². The Morgan fingerprint density at radius 1 is 1.12 bits per heavy atom. The van der Waals surface area contributed by atoms with Crippen molar-refractivity contribution < 1.29 is 19.5 Å². The summed E-state index contributed by atoms with van der Waals surface area (Å²) in [4.78, 5) is 22.4. The van der Waals surface area contributed by atoms with Gasteiger partial charge in [-0.2, -0.15) is 0 Å². The Kier molecular flexibility index (Phi) is 7.68. The summed E-state index contributed by atoms with van der Waals surface area (Å²) in [5.74, 6) is 0.742. The highest BCUT2D eigenvalue weighted by atomic mass is 32.2. The molecule has 1 heterocycles. The molecule has 3 N–H and O–H groups in total. The zero-order valence-electron chi connectivity index (χ0n) is 13.4. The monoisotopic (exact) mass is 390 g/mol. The van der Waals surface area contributed by atoms with Crippen molar-refractivity contribution in [2.75, 3.05) is 39.3 Å². The topological polar surface area (TPSA) is 84.2 Å². The number of thiocarbonyl (C=S) groups is 1. The van der Waals surface area contributed by atoms with Crippen LogP contribution < -0.4 is 0 Å². The van der Waals surface area contributed by atoms with Crippen LogP contribution >= 0.6 is 31.6 Å². The summed E-state index contributed by atoms with van der Waals surface area (Å²) in [5.41, 5.74) is 1.72. The Balaban J connectivity index is 1.77. The number of hydrogen-bond donors (Lipinski definition) is 3. The fourth-order valence-corrected chi connectivity index (χ4v) is 4.40. The number of aliphatic hydroxyl groups excluding tert-OH is 1. The Morgan fingerprint density at radius 2 is 1.71 bits per heavy atom. The molecule has 1 fully saturated rings. The van der Waals surface area contributed by atoms with Gasteiger partial charge in [0.1, 0.15) is 4.32 Å². The van der Waals surface area contributed by atoms with Gasteiger partial charge in [-0.1, -0.05) is 48.2 Å². The maximum atomic E-state index is 11.0. The summed E-state index contributed by atoms with van der Waals surface area (Å²) in [7, 11) is -4.01. The zero-order valence-corrected chi connectivity index (χ0v) is 15.9. The van der Waals surface area contributed by atoms with Crippen LogP contribution in [0.3, 0.4) is 0 Å². The first-order valence-electron chi connectivity index (χ1n) is 7.75. The van der Waals surface area contributed by atoms with Gasteiger partial charge in [0, 0.05) is 38.5 Å². The van der Waals surface area contributed by atoms with Crippen LogP contribution in [0.4, 0.5) is 0 Å². The van der Waals surface area contributed by atoms with Crippen molar-refractivity contribution in [1.29, 1.82) is 0 Å². The van der Waals surface area contributed by atoms with Crippen molar-refractivity contribution >= 4 is 35.9 Å². The minimum absolute atomic E-state index is 0.192. The molecule has 1 aromatic rings. The number of piperazine rings is 1. The first-order valence-corrected chi connectivity index (χ1v) is 10.9. The molecule has 9 heteroatoms. The Hall–Kier alpha value is -0.470. The maximum Gasteiger partial charge on any atom is 0.329 e. The SMILES string of the molecule is O=P(O)(O)Cc1ccc(CSC(=S)N2CCN(CCO)CC2)cc1. The molecule has 0 amide bonds. The van der Waals surface area contributed by atoms with Crippen molar-refractivity contribution in [3.8, 4) is 0 Å². The zero-order chi connectivity index (χ0) is 17.6. The molecule has 1 saturated heterocycles.